The van der Waals surface area contributed by atoms with E-state index in [1.54, 1.807) is 0 Å². The first-order chi connectivity index (χ1) is 11.1. The number of carbonyl (C=O) groups is 1. The number of amides is 1. The van der Waals surface area contributed by atoms with Gasteiger partial charge in [0, 0.05) is 43.1 Å². The molecule has 1 aliphatic heterocycles. The molecule has 0 unspecified atom stereocenters. The van der Waals surface area contributed by atoms with E-state index in [0.29, 0.717) is 6.42 Å². The average molecular weight is 312 g/mol. The summed E-state index contributed by atoms with van der Waals surface area (Å²) >= 11 is 0. The van der Waals surface area contributed by atoms with Gasteiger partial charge in [-0.3, -0.25) is 9.89 Å². The Kier molecular flexibility index (Phi) is 4.65. The van der Waals surface area contributed by atoms with E-state index in [2.05, 4.69) is 39.4 Å². The molecule has 1 saturated heterocycles. The van der Waals surface area contributed by atoms with E-state index in [0.717, 1.165) is 49.6 Å². The number of anilines is 1. The second-order valence-electron chi connectivity index (χ2n) is 6.15. The van der Waals surface area contributed by atoms with Gasteiger partial charge >= 0.3 is 0 Å². The van der Waals surface area contributed by atoms with Crippen molar-refractivity contribution in [2.45, 2.75) is 26.7 Å². The van der Waals surface area contributed by atoms with E-state index < -0.39 is 0 Å². The number of hydrogen-bond acceptors (Lipinski definition) is 3. The van der Waals surface area contributed by atoms with Crippen LogP contribution in [0, 0.1) is 13.8 Å². The predicted molar refractivity (Wildman–Crippen MR) is 91.6 cm³/mol. The molecule has 3 rings (SSSR count). The molecule has 2 heterocycles. The van der Waals surface area contributed by atoms with Gasteiger partial charge in [-0.05, 0) is 32.4 Å². The highest BCUT2D eigenvalue weighted by Gasteiger charge is 2.21. The molecule has 1 amide bonds. The quantitative estimate of drug-likeness (QED) is 0.946. The fourth-order valence-corrected chi connectivity index (χ4v) is 3.16. The molecule has 0 saturated carbocycles. The number of hydrogen-bond donors (Lipinski definition) is 1. The molecule has 1 aromatic heterocycles. The van der Waals surface area contributed by atoms with Gasteiger partial charge in [0.25, 0.3) is 0 Å². The smallest absolute Gasteiger partial charge is 0.227 e. The summed E-state index contributed by atoms with van der Waals surface area (Å²) in [7, 11) is 0. The van der Waals surface area contributed by atoms with Crippen LogP contribution < -0.4 is 4.90 Å². The van der Waals surface area contributed by atoms with Gasteiger partial charge in [-0.1, -0.05) is 18.2 Å². The third-order valence-electron chi connectivity index (χ3n) is 4.58. The minimum Gasteiger partial charge on any atom is -0.370 e. The molecule has 0 radical (unpaired) electrons. The van der Waals surface area contributed by atoms with Crippen LogP contribution in [0.3, 0.4) is 0 Å². The number of rotatable bonds is 3. The third-order valence-corrected chi connectivity index (χ3v) is 4.58. The molecule has 1 aliphatic rings. The Labute approximate surface area is 137 Å². The van der Waals surface area contributed by atoms with Crippen LogP contribution in [0.5, 0.6) is 0 Å². The van der Waals surface area contributed by atoms with Gasteiger partial charge in [0.2, 0.25) is 5.91 Å². The molecule has 0 aliphatic carbocycles. The first-order valence-electron chi connectivity index (χ1n) is 8.23. The Morgan fingerprint density at radius 1 is 1.13 bits per heavy atom. The standard InChI is InChI=1S/C18H24N4O/c1-14-17(15(2)20-19-14)13-18(23)22-10-6-9-21(11-12-22)16-7-4-3-5-8-16/h3-5,7-8H,6,9-13H2,1-2H3,(H,19,20). The molecule has 5 heteroatoms. The molecule has 5 nitrogen and oxygen atoms in total. The number of nitrogens with one attached hydrogen (secondary N) is 1. The lowest BCUT2D eigenvalue weighted by atomic mass is 10.1. The predicted octanol–water partition coefficient (Wildman–Crippen LogP) is 2.31. The number of nitrogens with zero attached hydrogens (tertiary/aromatic N) is 3. The summed E-state index contributed by atoms with van der Waals surface area (Å²) in [4.78, 5) is 17.0. The molecule has 1 fully saturated rings. The van der Waals surface area contributed by atoms with Crippen LogP contribution in [-0.4, -0.2) is 47.2 Å². The van der Waals surface area contributed by atoms with Crippen LogP contribution in [0.25, 0.3) is 0 Å². The first kappa shape index (κ1) is 15.6. The van der Waals surface area contributed by atoms with E-state index in [4.69, 9.17) is 0 Å². The van der Waals surface area contributed by atoms with Crippen molar-refractivity contribution in [3.63, 3.8) is 0 Å². The minimum atomic E-state index is 0.201. The second kappa shape index (κ2) is 6.86. The lowest BCUT2D eigenvalue weighted by Gasteiger charge is -2.23. The van der Waals surface area contributed by atoms with Gasteiger partial charge < -0.3 is 9.80 Å². The Morgan fingerprint density at radius 2 is 1.91 bits per heavy atom. The van der Waals surface area contributed by atoms with E-state index >= 15 is 0 Å². The zero-order chi connectivity index (χ0) is 16.2. The Bertz CT molecular complexity index is 645. The van der Waals surface area contributed by atoms with E-state index in [9.17, 15) is 4.79 Å². The van der Waals surface area contributed by atoms with Crippen LogP contribution in [0.2, 0.25) is 0 Å². The molecule has 122 valence electrons. The number of H-pyrrole nitrogens is 1. The van der Waals surface area contributed by atoms with Crippen LogP contribution in [-0.2, 0) is 11.2 Å². The van der Waals surface area contributed by atoms with Crippen LogP contribution in [0.4, 0.5) is 5.69 Å². The Balaban J connectivity index is 1.63. The molecule has 2 aromatic rings. The maximum Gasteiger partial charge on any atom is 0.227 e. The topological polar surface area (TPSA) is 52.2 Å². The number of aromatic nitrogens is 2. The van der Waals surface area contributed by atoms with Gasteiger partial charge in [0.1, 0.15) is 0 Å². The second-order valence-corrected chi connectivity index (χ2v) is 6.15. The van der Waals surface area contributed by atoms with Crippen LogP contribution in [0.1, 0.15) is 23.4 Å². The fourth-order valence-electron chi connectivity index (χ4n) is 3.16. The van der Waals surface area contributed by atoms with Crippen molar-refractivity contribution < 1.29 is 4.79 Å². The lowest BCUT2D eigenvalue weighted by Crippen LogP contribution is -2.36. The monoisotopic (exact) mass is 312 g/mol. The summed E-state index contributed by atoms with van der Waals surface area (Å²) in [5, 5.41) is 7.14. The zero-order valence-electron chi connectivity index (χ0n) is 13.9. The van der Waals surface area contributed by atoms with Crippen molar-refractivity contribution in [1.82, 2.24) is 15.1 Å². The summed E-state index contributed by atoms with van der Waals surface area (Å²) in [6, 6.07) is 10.4. The third kappa shape index (κ3) is 3.55. The number of para-hydroxylation sites is 1. The van der Waals surface area contributed by atoms with E-state index in [1.807, 2.05) is 24.8 Å². The number of carbonyl (C=O) groups excluding carboxylic acids is 1. The fraction of sp³-hybridized carbons (Fsp3) is 0.444. The minimum absolute atomic E-state index is 0.201. The van der Waals surface area contributed by atoms with Crippen LogP contribution in [0.15, 0.2) is 30.3 Å². The average Bonchev–Trinajstić information content (AvgIpc) is 2.79. The molecular weight excluding hydrogens is 288 g/mol. The first-order valence-corrected chi connectivity index (χ1v) is 8.23. The largest absolute Gasteiger partial charge is 0.370 e. The normalized spacial score (nSPS) is 15.6. The van der Waals surface area contributed by atoms with Crippen molar-refractivity contribution >= 4 is 11.6 Å². The van der Waals surface area contributed by atoms with Crippen LogP contribution >= 0.6 is 0 Å². The van der Waals surface area contributed by atoms with Crippen molar-refractivity contribution in [2.24, 2.45) is 0 Å². The van der Waals surface area contributed by atoms with Gasteiger partial charge in [-0.25, -0.2) is 0 Å². The highest BCUT2D eigenvalue weighted by molar-refractivity contribution is 5.79. The molecule has 1 N–H and O–H groups in total. The number of aromatic amines is 1. The SMILES string of the molecule is Cc1n[nH]c(C)c1CC(=O)N1CCCN(c2ccccc2)CC1. The maximum atomic E-state index is 12.6. The number of aryl methyl sites for hydroxylation is 2. The van der Waals surface area contributed by atoms with Crippen molar-refractivity contribution in [1.29, 1.82) is 0 Å². The van der Waals surface area contributed by atoms with Gasteiger partial charge in [0.05, 0.1) is 12.1 Å². The van der Waals surface area contributed by atoms with Crippen molar-refractivity contribution in [3.8, 4) is 0 Å². The molecule has 0 atom stereocenters. The molecule has 0 spiro atoms. The molecule has 0 bridgehead atoms. The van der Waals surface area contributed by atoms with Crippen molar-refractivity contribution in [2.75, 3.05) is 31.1 Å². The highest BCUT2D eigenvalue weighted by atomic mass is 16.2. The van der Waals surface area contributed by atoms with Gasteiger partial charge in [0.15, 0.2) is 0 Å². The summed E-state index contributed by atoms with van der Waals surface area (Å²) in [5.74, 6) is 0.201. The molecule has 23 heavy (non-hydrogen) atoms. The Hall–Kier alpha value is -2.30. The van der Waals surface area contributed by atoms with E-state index in [1.165, 1.54) is 5.69 Å². The highest BCUT2D eigenvalue weighted by Crippen LogP contribution is 2.17. The number of benzene rings is 1. The summed E-state index contributed by atoms with van der Waals surface area (Å²) in [6.45, 7) is 7.42. The summed E-state index contributed by atoms with van der Waals surface area (Å²) < 4.78 is 0. The molecule has 1 aromatic carbocycles. The maximum absolute atomic E-state index is 12.6. The van der Waals surface area contributed by atoms with Gasteiger partial charge in [-0.15, -0.1) is 0 Å². The Morgan fingerprint density at radius 3 is 2.61 bits per heavy atom. The summed E-state index contributed by atoms with van der Waals surface area (Å²) in [6.07, 6.45) is 1.45. The zero-order valence-corrected chi connectivity index (χ0v) is 13.9. The molecular formula is C18H24N4O. The van der Waals surface area contributed by atoms with Gasteiger partial charge in [-0.2, -0.15) is 5.10 Å². The lowest BCUT2D eigenvalue weighted by molar-refractivity contribution is -0.130. The van der Waals surface area contributed by atoms with Crippen molar-refractivity contribution in [3.05, 3.63) is 47.3 Å². The van der Waals surface area contributed by atoms with E-state index in [-0.39, 0.29) is 5.91 Å². The summed E-state index contributed by atoms with van der Waals surface area (Å²) in [5.41, 5.74) is 4.20.